The van der Waals surface area contributed by atoms with Gasteiger partial charge >= 0.3 is 0 Å². The van der Waals surface area contributed by atoms with Crippen LogP contribution in [0, 0.1) is 17.6 Å². The second-order valence-corrected chi connectivity index (χ2v) is 8.19. The van der Waals surface area contributed by atoms with Crippen molar-refractivity contribution in [2.24, 2.45) is 5.92 Å². The molecular formula is C24H32F2N2O. The Bertz CT molecular complexity index is 787. The molecule has 0 saturated heterocycles. The number of carbonyl (C=O) groups excluding carboxylic acids is 1. The first-order chi connectivity index (χ1) is 13.7. The monoisotopic (exact) mass is 402 g/mol. The summed E-state index contributed by atoms with van der Waals surface area (Å²) in [6, 6.07) is 12.1. The third kappa shape index (κ3) is 8.32. The third-order valence-electron chi connectivity index (χ3n) is 4.85. The number of hydrogen-bond donors (Lipinski definition) is 2. The molecule has 0 bridgehead atoms. The first-order valence-electron chi connectivity index (χ1n) is 10.3. The molecule has 29 heavy (non-hydrogen) atoms. The molecule has 0 heterocycles. The fourth-order valence-corrected chi connectivity index (χ4v) is 3.58. The lowest BCUT2D eigenvalue weighted by Gasteiger charge is -2.21. The quantitative estimate of drug-likeness (QED) is 0.590. The number of benzene rings is 2. The average molecular weight is 403 g/mol. The predicted molar refractivity (Wildman–Crippen MR) is 114 cm³/mol. The molecule has 3 nitrogen and oxygen atoms in total. The van der Waals surface area contributed by atoms with Gasteiger partial charge in [-0.1, -0.05) is 38.1 Å². The highest BCUT2D eigenvalue weighted by Gasteiger charge is 2.14. The fourth-order valence-electron chi connectivity index (χ4n) is 3.58. The van der Waals surface area contributed by atoms with Crippen molar-refractivity contribution in [2.75, 3.05) is 6.54 Å². The lowest BCUT2D eigenvalue weighted by molar-refractivity contribution is -0.119. The molecule has 2 N–H and O–H groups in total. The minimum absolute atomic E-state index is 0.152. The van der Waals surface area contributed by atoms with Crippen molar-refractivity contribution < 1.29 is 13.6 Å². The second kappa shape index (κ2) is 11.1. The number of hydrogen-bond acceptors (Lipinski definition) is 2. The zero-order valence-electron chi connectivity index (χ0n) is 17.8. The Kier molecular flexibility index (Phi) is 8.77. The Labute approximate surface area is 172 Å². The van der Waals surface area contributed by atoms with E-state index in [4.69, 9.17) is 0 Å². The Hall–Kier alpha value is -2.27. The summed E-state index contributed by atoms with van der Waals surface area (Å²) >= 11 is 0. The van der Waals surface area contributed by atoms with Gasteiger partial charge in [-0.15, -0.1) is 0 Å². The van der Waals surface area contributed by atoms with Crippen LogP contribution < -0.4 is 10.6 Å². The molecular weight excluding hydrogens is 370 g/mol. The molecule has 2 atom stereocenters. The van der Waals surface area contributed by atoms with Crippen LogP contribution in [0.1, 0.15) is 56.8 Å². The highest BCUT2D eigenvalue weighted by atomic mass is 19.1. The fraction of sp³-hybridized carbons (Fsp3) is 0.458. The smallest absolute Gasteiger partial charge is 0.217 e. The van der Waals surface area contributed by atoms with E-state index < -0.39 is 11.6 Å². The summed E-state index contributed by atoms with van der Waals surface area (Å²) in [5.74, 6) is -0.745. The molecule has 0 aliphatic rings. The molecule has 0 aliphatic heterocycles. The molecule has 1 amide bonds. The Morgan fingerprint density at radius 3 is 2.28 bits per heavy atom. The zero-order valence-corrected chi connectivity index (χ0v) is 17.8. The van der Waals surface area contributed by atoms with Crippen LogP contribution in [0.15, 0.2) is 42.5 Å². The number of rotatable bonds is 10. The van der Waals surface area contributed by atoms with Crippen molar-refractivity contribution in [1.29, 1.82) is 0 Å². The Morgan fingerprint density at radius 1 is 0.966 bits per heavy atom. The van der Waals surface area contributed by atoms with E-state index in [0.29, 0.717) is 30.9 Å². The van der Waals surface area contributed by atoms with Crippen molar-refractivity contribution >= 4 is 5.91 Å². The number of amides is 1. The van der Waals surface area contributed by atoms with E-state index in [-0.39, 0.29) is 18.0 Å². The van der Waals surface area contributed by atoms with Crippen molar-refractivity contribution in [3.63, 3.8) is 0 Å². The number of halogens is 2. The van der Waals surface area contributed by atoms with Crippen LogP contribution in [0.2, 0.25) is 0 Å². The van der Waals surface area contributed by atoms with Gasteiger partial charge in [-0.3, -0.25) is 4.79 Å². The van der Waals surface area contributed by atoms with Gasteiger partial charge in [0.1, 0.15) is 11.6 Å². The maximum absolute atomic E-state index is 13.5. The van der Waals surface area contributed by atoms with Gasteiger partial charge in [0, 0.05) is 25.1 Å². The molecule has 0 aromatic heterocycles. The van der Waals surface area contributed by atoms with Gasteiger partial charge in [-0.05, 0) is 67.5 Å². The molecule has 158 valence electrons. The molecule has 1 unspecified atom stereocenters. The van der Waals surface area contributed by atoms with Crippen LogP contribution in [-0.4, -0.2) is 18.5 Å². The lowest BCUT2D eigenvalue weighted by Crippen LogP contribution is -2.37. The summed E-state index contributed by atoms with van der Waals surface area (Å²) in [5, 5.41) is 6.38. The van der Waals surface area contributed by atoms with Crippen LogP contribution in [0.3, 0.4) is 0 Å². The topological polar surface area (TPSA) is 41.1 Å². The molecule has 0 aliphatic carbocycles. The summed E-state index contributed by atoms with van der Waals surface area (Å²) in [4.78, 5) is 11.5. The predicted octanol–water partition coefficient (Wildman–Crippen LogP) is 4.95. The van der Waals surface area contributed by atoms with E-state index in [0.717, 1.165) is 12.5 Å². The third-order valence-corrected chi connectivity index (χ3v) is 4.85. The standard InChI is InChI=1S/C24H32F2N2O/c1-16(2)10-19-6-5-7-21(11-19)17(3)27-9-8-24(28-18(4)29)14-20-12-22(25)15-23(26)13-20/h5-7,11-13,15-17,24,27H,8-10,14H2,1-4H3,(H,28,29)/t17?,24-/m1/s1. The van der Waals surface area contributed by atoms with E-state index in [9.17, 15) is 13.6 Å². The van der Waals surface area contributed by atoms with Gasteiger partial charge in [0.15, 0.2) is 0 Å². The van der Waals surface area contributed by atoms with Crippen LogP contribution in [0.25, 0.3) is 0 Å². The molecule has 0 saturated carbocycles. The summed E-state index contributed by atoms with van der Waals surface area (Å²) < 4.78 is 26.9. The van der Waals surface area contributed by atoms with E-state index in [1.165, 1.54) is 30.2 Å². The normalized spacial score (nSPS) is 13.3. The highest BCUT2D eigenvalue weighted by molar-refractivity contribution is 5.73. The van der Waals surface area contributed by atoms with E-state index in [1.54, 1.807) is 0 Å². The van der Waals surface area contributed by atoms with E-state index in [1.807, 2.05) is 0 Å². The van der Waals surface area contributed by atoms with Gasteiger partial charge in [-0.25, -0.2) is 8.78 Å². The summed E-state index contributed by atoms with van der Waals surface area (Å²) in [6.45, 7) is 8.67. The molecule has 5 heteroatoms. The number of carbonyl (C=O) groups is 1. The van der Waals surface area contributed by atoms with Crippen LogP contribution in [0.4, 0.5) is 8.78 Å². The lowest BCUT2D eigenvalue weighted by atomic mass is 9.98. The molecule has 0 spiro atoms. The largest absolute Gasteiger partial charge is 0.353 e. The van der Waals surface area contributed by atoms with Crippen molar-refractivity contribution in [3.05, 3.63) is 70.8 Å². The molecule has 2 aromatic rings. The van der Waals surface area contributed by atoms with Gasteiger partial charge in [-0.2, -0.15) is 0 Å². The first kappa shape index (κ1) is 23.0. The molecule has 2 aromatic carbocycles. The SMILES string of the molecule is CC(=O)N[C@H](CCNC(C)c1cccc(CC(C)C)c1)Cc1cc(F)cc(F)c1. The summed E-state index contributed by atoms with van der Waals surface area (Å²) in [6.07, 6.45) is 2.09. The second-order valence-electron chi connectivity index (χ2n) is 8.19. The maximum atomic E-state index is 13.5. The molecule has 0 fully saturated rings. The van der Waals surface area contributed by atoms with Crippen LogP contribution >= 0.6 is 0 Å². The Morgan fingerprint density at radius 2 is 1.66 bits per heavy atom. The first-order valence-corrected chi connectivity index (χ1v) is 10.3. The van der Waals surface area contributed by atoms with Crippen LogP contribution in [0.5, 0.6) is 0 Å². The van der Waals surface area contributed by atoms with Crippen molar-refractivity contribution in [2.45, 2.75) is 59.0 Å². The van der Waals surface area contributed by atoms with Gasteiger partial charge in [0.2, 0.25) is 5.91 Å². The van der Waals surface area contributed by atoms with Crippen LogP contribution in [-0.2, 0) is 17.6 Å². The van der Waals surface area contributed by atoms with Crippen molar-refractivity contribution in [3.8, 4) is 0 Å². The highest BCUT2D eigenvalue weighted by Crippen LogP contribution is 2.17. The van der Waals surface area contributed by atoms with E-state index >= 15 is 0 Å². The minimum Gasteiger partial charge on any atom is -0.353 e. The summed E-state index contributed by atoms with van der Waals surface area (Å²) in [5.41, 5.74) is 3.09. The van der Waals surface area contributed by atoms with Gasteiger partial charge in [0.05, 0.1) is 0 Å². The van der Waals surface area contributed by atoms with E-state index in [2.05, 4.69) is 55.7 Å². The van der Waals surface area contributed by atoms with Crippen molar-refractivity contribution in [1.82, 2.24) is 10.6 Å². The molecule has 0 radical (unpaired) electrons. The van der Waals surface area contributed by atoms with Gasteiger partial charge < -0.3 is 10.6 Å². The number of nitrogens with one attached hydrogen (secondary N) is 2. The zero-order chi connectivity index (χ0) is 21.4. The average Bonchev–Trinajstić information content (AvgIpc) is 2.59. The maximum Gasteiger partial charge on any atom is 0.217 e. The molecule has 2 rings (SSSR count). The summed E-state index contributed by atoms with van der Waals surface area (Å²) in [7, 11) is 0. The Balaban J connectivity index is 1.94. The minimum atomic E-state index is -0.602. The van der Waals surface area contributed by atoms with Gasteiger partial charge in [0.25, 0.3) is 0 Å².